The third-order valence-corrected chi connectivity index (χ3v) is 4.97. The van der Waals surface area contributed by atoms with Crippen LogP contribution in [0, 0.1) is 5.82 Å². The van der Waals surface area contributed by atoms with Crippen LogP contribution < -0.4 is 0 Å². The molecule has 0 saturated heterocycles. The highest BCUT2D eigenvalue weighted by molar-refractivity contribution is 5.72. The quantitative estimate of drug-likeness (QED) is 0.492. The van der Waals surface area contributed by atoms with E-state index in [9.17, 15) is 4.39 Å². The average molecular weight is 355 g/mol. The predicted molar refractivity (Wildman–Crippen MR) is 105 cm³/mol. The number of fused-ring (bicyclic) bond motifs is 3. The number of halogens is 1. The van der Waals surface area contributed by atoms with E-state index in [1.807, 2.05) is 35.0 Å². The number of aromatic nitrogens is 3. The van der Waals surface area contributed by atoms with Crippen LogP contribution in [0.25, 0.3) is 28.3 Å². The molecule has 3 nitrogen and oxygen atoms in total. The van der Waals surface area contributed by atoms with Gasteiger partial charge in [-0.3, -0.25) is 0 Å². The fourth-order valence-electron chi connectivity index (χ4n) is 3.59. The SMILES string of the molecule is Fc1ccc(CC2=CCn3cccc3-c3cc(-c4ccccc4)nn32)cc1. The molecule has 3 heterocycles. The van der Waals surface area contributed by atoms with E-state index in [2.05, 4.69) is 47.2 Å². The van der Waals surface area contributed by atoms with E-state index in [1.165, 1.54) is 12.1 Å². The van der Waals surface area contributed by atoms with Crippen LogP contribution in [0.15, 0.2) is 85.1 Å². The Kier molecular flexibility index (Phi) is 3.75. The first-order valence-corrected chi connectivity index (χ1v) is 9.03. The largest absolute Gasteiger partial charge is 0.342 e. The minimum absolute atomic E-state index is 0.212. The van der Waals surface area contributed by atoms with Gasteiger partial charge in [0.25, 0.3) is 0 Å². The first-order chi connectivity index (χ1) is 13.3. The number of nitrogens with zero attached hydrogens (tertiary/aromatic N) is 3. The van der Waals surface area contributed by atoms with Crippen molar-refractivity contribution in [3.63, 3.8) is 0 Å². The third-order valence-electron chi connectivity index (χ3n) is 4.97. The molecule has 0 atom stereocenters. The zero-order valence-corrected chi connectivity index (χ0v) is 14.7. The van der Waals surface area contributed by atoms with Gasteiger partial charge >= 0.3 is 0 Å². The Labute approximate surface area is 157 Å². The zero-order valence-electron chi connectivity index (χ0n) is 14.7. The summed E-state index contributed by atoms with van der Waals surface area (Å²) >= 11 is 0. The number of hydrogen-bond acceptors (Lipinski definition) is 1. The van der Waals surface area contributed by atoms with Gasteiger partial charge in [-0.1, -0.05) is 42.5 Å². The Morgan fingerprint density at radius 1 is 0.889 bits per heavy atom. The Balaban J connectivity index is 1.61. The summed E-state index contributed by atoms with van der Waals surface area (Å²) < 4.78 is 17.5. The lowest BCUT2D eigenvalue weighted by Crippen LogP contribution is -2.04. The number of rotatable bonds is 3. The van der Waals surface area contributed by atoms with E-state index < -0.39 is 0 Å². The fraction of sp³-hybridized carbons (Fsp3) is 0.0870. The second kappa shape index (κ2) is 6.40. The second-order valence-corrected chi connectivity index (χ2v) is 6.74. The maximum atomic E-state index is 13.3. The summed E-state index contributed by atoms with van der Waals surface area (Å²) in [6.07, 6.45) is 4.99. The van der Waals surface area contributed by atoms with Crippen LogP contribution in [0.3, 0.4) is 0 Å². The smallest absolute Gasteiger partial charge is 0.123 e. The van der Waals surface area contributed by atoms with Crippen molar-refractivity contribution < 1.29 is 4.39 Å². The highest BCUT2D eigenvalue weighted by atomic mass is 19.1. The van der Waals surface area contributed by atoms with Crippen molar-refractivity contribution in [3.05, 3.63) is 96.4 Å². The van der Waals surface area contributed by atoms with E-state index in [4.69, 9.17) is 5.10 Å². The van der Waals surface area contributed by atoms with Crippen molar-refractivity contribution in [1.82, 2.24) is 14.3 Å². The van der Waals surface area contributed by atoms with Gasteiger partial charge in [-0.25, -0.2) is 9.07 Å². The first kappa shape index (κ1) is 15.8. The lowest BCUT2D eigenvalue weighted by Gasteiger charge is -2.10. The molecule has 0 spiro atoms. The third kappa shape index (κ3) is 2.89. The van der Waals surface area contributed by atoms with Crippen LogP contribution in [-0.2, 0) is 13.0 Å². The normalized spacial score (nSPS) is 12.9. The van der Waals surface area contributed by atoms with E-state index in [1.54, 1.807) is 0 Å². The summed E-state index contributed by atoms with van der Waals surface area (Å²) in [5, 5.41) is 4.92. The van der Waals surface area contributed by atoms with Crippen LogP contribution in [0.1, 0.15) is 5.56 Å². The molecule has 0 amide bonds. The molecule has 1 aliphatic rings. The summed E-state index contributed by atoms with van der Waals surface area (Å²) in [6, 6.07) is 23.2. The summed E-state index contributed by atoms with van der Waals surface area (Å²) in [4.78, 5) is 0. The van der Waals surface area contributed by atoms with Gasteiger partial charge in [0.15, 0.2) is 0 Å². The molecule has 0 saturated carbocycles. The van der Waals surface area contributed by atoms with Gasteiger partial charge in [0, 0.05) is 30.4 Å². The molecule has 5 rings (SSSR count). The van der Waals surface area contributed by atoms with Crippen molar-refractivity contribution in [2.24, 2.45) is 0 Å². The van der Waals surface area contributed by atoms with Gasteiger partial charge in [-0.15, -0.1) is 0 Å². The molecule has 2 aromatic carbocycles. The van der Waals surface area contributed by atoms with Crippen molar-refractivity contribution in [2.75, 3.05) is 0 Å². The number of allylic oxidation sites excluding steroid dienone is 2. The molecule has 27 heavy (non-hydrogen) atoms. The molecule has 0 fully saturated rings. The minimum Gasteiger partial charge on any atom is -0.342 e. The van der Waals surface area contributed by atoms with Crippen LogP contribution in [0.4, 0.5) is 4.39 Å². The number of hydrogen-bond donors (Lipinski definition) is 0. The van der Waals surface area contributed by atoms with Crippen molar-refractivity contribution in [3.8, 4) is 22.6 Å². The summed E-state index contributed by atoms with van der Waals surface area (Å²) in [5.74, 6) is -0.212. The number of benzene rings is 2. The second-order valence-electron chi connectivity index (χ2n) is 6.74. The van der Waals surface area contributed by atoms with Gasteiger partial charge in [-0.2, -0.15) is 5.10 Å². The highest BCUT2D eigenvalue weighted by Crippen LogP contribution is 2.32. The standard InChI is InChI=1S/C23H18FN3/c24-19-10-8-17(9-11-19)15-20-12-14-26-13-4-7-22(26)23-16-21(25-27(20)23)18-5-2-1-3-6-18/h1-13,16H,14-15H2. The van der Waals surface area contributed by atoms with Crippen molar-refractivity contribution in [2.45, 2.75) is 13.0 Å². The van der Waals surface area contributed by atoms with E-state index in [-0.39, 0.29) is 5.82 Å². The van der Waals surface area contributed by atoms with Crippen molar-refractivity contribution >= 4 is 5.70 Å². The Hall–Kier alpha value is -3.40. The summed E-state index contributed by atoms with van der Waals surface area (Å²) in [6.45, 7) is 0.795. The van der Waals surface area contributed by atoms with Crippen LogP contribution in [0.5, 0.6) is 0 Å². The molecule has 0 radical (unpaired) electrons. The Bertz CT molecular complexity index is 1120. The van der Waals surface area contributed by atoms with Crippen LogP contribution in [-0.4, -0.2) is 14.3 Å². The fourth-order valence-corrected chi connectivity index (χ4v) is 3.59. The lowest BCUT2D eigenvalue weighted by atomic mass is 10.1. The molecule has 2 aromatic heterocycles. The molecule has 0 unspecified atom stereocenters. The average Bonchev–Trinajstić information content (AvgIpc) is 3.32. The zero-order chi connectivity index (χ0) is 18.2. The molecule has 0 aliphatic carbocycles. The molecule has 4 heteroatoms. The molecular weight excluding hydrogens is 337 g/mol. The van der Waals surface area contributed by atoms with Gasteiger partial charge in [-0.05, 0) is 42.0 Å². The van der Waals surface area contributed by atoms with Crippen molar-refractivity contribution in [1.29, 1.82) is 0 Å². The van der Waals surface area contributed by atoms with E-state index in [0.29, 0.717) is 6.42 Å². The van der Waals surface area contributed by atoms with Crippen LogP contribution >= 0.6 is 0 Å². The molecule has 4 aromatic rings. The monoisotopic (exact) mass is 355 g/mol. The highest BCUT2D eigenvalue weighted by Gasteiger charge is 2.19. The Morgan fingerprint density at radius 2 is 1.70 bits per heavy atom. The first-order valence-electron chi connectivity index (χ1n) is 9.03. The van der Waals surface area contributed by atoms with E-state index >= 15 is 0 Å². The van der Waals surface area contributed by atoms with E-state index in [0.717, 1.165) is 40.5 Å². The van der Waals surface area contributed by atoms with Crippen LogP contribution in [0.2, 0.25) is 0 Å². The van der Waals surface area contributed by atoms with Gasteiger partial charge in [0.1, 0.15) is 5.82 Å². The van der Waals surface area contributed by atoms with Gasteiger partial charge < -0.3 is 4.57 Å². The predicted octanol–water partition coefficient (Wildman–Crippen LogP) is 5.25. The molecular formula is C23H18FN3. The topological polar surface area (TPSA) is 22.8 Å². The summed E-state index contributed by atoms with van der Waals surface area (Å²) in [7, 11) is 0. The maximum Gasteiger partial charge on any atom is 0.123 e. The molecule has 132 valence electrons. The van der Waals surface area contributed by atoms with Gasteiger partial charge in [0.2, 0.25) is 0 Å². The maximum absolute atomic E-state index is 13.3. The Morgan fingerprint density at radius 3 is 2.52 bits per heavy atom. The lowest BCUT2D eigenvalue weighted by molar-refractivity contribution is 0.627. The molecule has 0 bridgehead atoms. The van der Waals surface area contributed by atoms with Gasteiger partial charge in [0.05, 0.1) is 17.1 Å². The molecule has 0 N–H and O–H groups in total. The minimum atomic E-state index is -0.212. The molecule has 1 aliphatic heterocycles. The summed E-state index contributed by atoms with van der Waals surface area (Å²) in [5.41, 5.74) is 6.43.